The van der Waals surface area contributed by atoms with E-state index in [1.54, 1.807) is 6.07 Å². The zero-order valence-corrected chi connectivity index (χ0v) is 6.95. The van der Waals surface area contributed by atoms with Crippen LogP contribution < -0.4 is 0 Å². The summed E-state index contributed by atoms with van der Waals surface area (Å²) in [6.45, 7) is 0. The van der Waals surface area contributed by atoms with Gasteiger partial charge in [-0.1, -0.05) is 11.6 Å². The molecule has 0 radical (unpaired) electrons. The molecule has 0 saturated heterocycles. The Morgan fingerprint density at radius 2 is 2.31 bits per heavy atom. The van der Waals surface area contributed by atoms with Crippen LogP contribution in [0.15, 0.2) is 12.1 Å². The summed E-state index contributed by atoms with van der Waals surface area (Å²) in [4.78, 5) is 13.6. The number of rotatable bonds is 1. The van der Waals surface area contributed by atoms with Crippen molar-refractivity contribution < 1.29 is 4.92 Å². The van der Waals surface area contributed by atoms with E-state index in [1.807, 2.05) is 0 Å². The van der Waals surface area contributed by atoms with E-state index in [9.17, 15) is 10.1 Å². The van der Waals surface area contributed by atoms with Crippen LogP contribution in [0.25, 0.3) is 11.0 Å². The number of nitrogens with zero attached hydrogens (tertiary/aromatic N) is 3. The number of H-pyrrole nitrogens is 1. The number of hydrogen-bond acceptors (Lipinski definition) is 4. The molecule has 13 heavy (non-hydrogen) atoms. The molecule has 0 fully saturated rings. The van der Waals surface area contributed by atoms with E-state index in [2.05, 4.69) is 15.2 Å². The lowest BCUT2D eigenvalue weighted by atomic mass is 10.4. The minimum Gasteiger partial charge on any atom is -0.358 e. The van der Waals surface area contributed by atoms with Gasteiger partial charge in [0, 0.05) is 0 Å². The van der Waals surface area contributed by atoms with Crippen molar-refractivity contribution in [3.8, 4) is 0 Å². The number of nitro groups is 1. The van der Waals surface area contributed by atoms with Gasteiger partial charge >= 0.3 is 5.82 Å². The van der Waals surface area contributed by atoms with Gasteiger partial charge in [-0.15, -0.1) is 0 Å². The summed E-state index contributed by atoms with van der Waals surface area (Å²) in [5, 5.41) is 16.6. The average molecular weight is 199 g/mol. The van der Waals surface area contributed by atoms with Crippen LogP contribution in [0.4, 0.5) is 5.82 Å². The fourth-order valence-electron chi connectivity index (χ4n) is 0.989. The zero-order chi connectivity index (χ0) is 9.42. The van der Waals surface area contributed by atoms with Crippen LogP contribution in [-0.4, -0.2) is 20.1 Å². The second-order valence-corrected chi connectivity index (χ2v) is 2.72. The normalized spacial score (nSPS) is 10.5. The predicted molar refractivity (Wildman–Crippen MR) is 45.6 cm³/mol. The van der Waals surface area contributed by atoms with E-state index in [1.165, 1.54) is 6.07 Å². The van der Waals surface area contributed by atoms with Gasteiger partial charge in [0.2, 0.25) is 0 Å². The summed E-state index contributed by atoms with van der Waals surface area (Å²) >= 11 is 5.58. The van der Waals surface area contributed by atoms with E-state index in [4.69, 9.17) is 11.6 Å². The second-order valence-electron chi connectivity index (χ2n) is 2.33. The molecule has 2 aromatic heterocycles. The molecule has 2 heterocycles. The van der Waals surface area contributed by atoms with E-state index >= 15 is 0 Å². The minimum atomic E-state index is -0.609. The molecule has 0 bridgehead atoms. The third-order valence-corrected chi connectivity index (χ3v) is 1.74. The fraction of sp³-hybridized carbons (Fsp3) is 0. The van der Waals surface area contributed by atoms with Crippen molar-refractivity contribution >= 4 is 28.5 Å². The lowest BCUT2D eigenvalue weighted by molar-refractivity contribution is -0.388. The standard InChI is InChI=1S/C6H3ClN4O2/c7-4-2-1-3-5(8-4)6(10-9-3)11(12)13/h1-2H,(H,9,10). The quantitative estimate of drug-likeness (QED) is 0.428. The van der Waals surface area contributed by atoms with Crippen molar-refractivity contribution in [2.75, 3.05) is 0 Å². The maximum Gasteiger partial charge on any atom is 0.416 e. The fourth-order valence-corrected chi connectivity index (χ4v) is 1.14. The number of pyridine rings is 1. The van der Waals surface area contributed by atoms with Crippen molar-refractivity contribution in [2.24, 2.45) is 0 Å². The number of fused-ring (bicyclic) bond motifs is 1. The van der Waals surface area contributed by atoms with Crippen LogP contribution in [0.2, 0.25) is 5.15 Å². The van der Waals surface area contributed by atoms with Crippen LogP contribution in [0.3, 0.4) is 0 Å². The molecule has 0 aliphatic heterocycles. The van der Waals surface area contributed by atoms with Crippen molar-refractivity contribution in [1.82, 2.24) is 15.2 Å². The first-order valence-corrected chi connectivity index (χ1v) is 3.71. The summed E-state index contributed by atoms with van der Waals surface area (Å²) in [6.07, 6.45) is 0. The molecular weight excluding hydrogens is 196 g/mol. The highest BCUT2D eigenvalue weighted by atomic mass is 35.5. The third-order valence-electron chi connectivity index (χ3n) is 1.53. The molecule has 2 aromatic rings. The third kappa shape index (κ3) is 1.20. The number of hydrogen-bond donors (Lipinski definition) is 1. The molecule has 0 aliphatic rings. The van der Waals surface area contributed by atoms with Crippen LogP contribution in [0.5, 0.6) is 0 Å². The zero-order valence-electron chi connectivity index (χ0n) is 6.19. The van der Waals surface area contributed by atoms with E-state index < -0.39 is 4.92 Å². The Balaban J connectivity index is 2.79. The lowest BCUT2D eigenvalue weighted by Gasteiger charge is -1.89. The first-order chi connectivity index (χ1) is 6.18. The largest absolute Gasteiger partial charge is 0.416 e. The van der Waals surface area contributed by atoms with E-state index in [-0.39, 0.29) is 16.5 Å². The summed E-state index contributed by atoms with van der Waals surface area (Å²) in [6, 6.07) is 3.12. The number of nitrogens with one attached hydrogen (secondary N) is 1. The van der Waals surface area contributed by atoms with Crippen molar-refractivity contribution in [3.63, 3.8) is 0 Å². The molecule has 0 aliphatic carbocycles. The van der Waals surface area contributed by atoms with Gasteiger partial charge in [-0.2, -0.15) is 5.10 Å². The molecule has 1 N–H and O–H groups in total. The highest BCUT2D eigenvalue weighted by Crippen LogP contribution is 2.21. The molecule has 0 atom stereocenters. The summed E-state index contributed by atoms with van der Waals surface area (Å²) in [5.74, 6) is -0.308. The SMILES string of the molecule is O=[N+]([O-])c1n[nH]c2ccc(Cl)nc12. The highest BCUT2D eigenvalue weighted by molar-refractivity contribution is 6.29. The van der Waals surface area contributed by atoms with E-state index in [0.717, 1.165) is 0 Å². The van der Waals surface area contributed by atoms with Crippen molar-refractivity contribution in [1.29, 1.82) is 0 Å². The smallest absolute Gasteiger partial charge is 0.358 e. The van der Waals surface area contributed by atoms with Crippen molar-refractivity contribution in [3.05, 3.63) is 27.4 Å². The Hall–Kier alpha value is -1.69. The maximum atomic E-state index is 10.4. The summed E-state index contributed by atoms with van der Waals surface area (Å²) in [7, 11) is 0. The van der Waals surface area contributed by atoms with Gasteiger partial charge in [-0.3, -0.25) is 0 Å². The first kappa shape index (κ1) is 7.93. The van der Waals surface area contributed by atoms with Gasteiger partial charge in [-0.05, 0) is 17.1 Å². The number of aromatic amines is 1. The molecular formula is C6H3ClN4O2. The molecule has 0 aromatic carbocycles. The van der Waals surface area contributed by atoms with Gasteiger partial charge in [0.25, 0.3) is 0 Å². The Morgan fingerprint density at radius 3 is 3.00 bits per heavy atom. The van der Waals surface area contributed by atoms with Gasteiger partial charge in [0.05, 0.1) is 5.10 Å². The maximum absolute atomic E-state index is 10.4. The van der Waals surface area contributed by atoms with Gasteiger partial charge in [0.1, 0.15) is 10.7 Å². The Labute approximate surface area is 76.7 Å². The number of aromatic nitrogens is 3. The molecule has 6 nitrogen and oxygen atoms in total. The molecule has 0 saturated carbocycles. The monoisotopic (exact) mass is 198 g/mol. The highest BCUT2D eigenvalue weighted by Gasteiger charge is 2.17. The van der Waals surface area contributed by atoms with Crippen molar-refractivity contribution in [2.45, 2.75) is 0 Å². The summed E-state index contributed by atoms with van der Waals surface area (Å²) in [5.41, 5.74) is 0.675. The van der Waals surface area contributed by atoms with Crippen LogP contribution in [0.1, 0.15) is 0 Å². The summed E-state index contributed by atoms with van der Waals surface area (Å²) < 4.78 is 0. The van der Waals surface area contributed by atoms with Gasteiger partial charge < -0.3 is 10.1 Å². The van der Waals surface area contributed by atoms with Gasteiger partial charge in [0.15, 0.2) is 5.52 Å². The Morgan fingerprint density at radius 1 is 1.54 bits per heavy atom. The van der Waals surface area contributed by atoms with Gasteiger partial charge in [-0.25, -0.2) is 4.98 Å². The molecule has 0 unspecified atom stereocenters. The topological polar surface area (TPSA) is 84.7 Å². The first-order valence-electron chi connectivity index (χ1n) is 3.33. The van der Waals surface area contributed by atoms with Crippen LogP contribution in [0, 0.1) is 10.1 Å². The molecule has 7 heteroatoms. The second kappa shape index (κ2) is 2.67. The molecule has 2 rings (SSSR count). The molecule has 0 spiro atoms. The Kier molecular flexibility index (Phi) is 1.63. The predicted octanol–water partition coefficient (Wildman–Crippen LogP) is 1.52. The number of halogens is 1. The van der Waals surface area contributed by atoms with Crippen LogP contribution >= 0.6 is 11.6 Å². The van der Waals surface area contributed by atoms with Crippen LogP contribution in [-0.2, 0) is 0 Å². The molecule has 0 amide bonds. The molecule has 66 valence electrons. The van der Waals surface area contributed by atoms with E-state index in [0.29, 0.717) is 5.52 Å². The minimum absolute atomic E-state index is 0.178. The lowest BCUT2D eigenvalue weighted by Crippen LogP contribution is -1.89. The average Bonchev–Trinajstić information content (AvgIpc) is 2.46. The Bertz CT molecular complexity index is 480.